The van der Waals surface area contributed by atoms with Crippen LogP contribution in [-0.4, -0.2) is 11.8 Å². The number of nitrogens with one attached hydrogen (secondary N) is 2. The van der Waals surface area contributed by atoms with Gasteiger partial charge in [0.25, 0.3) is 0 Å². The lowest BCUT2D eigenvalue weighted by atomic mass is 10.1. The van der Waals surface area contributed by atoms with Gasteiger partial charge in [-0.25, -0.2) is 4.79 Å². The summed E-state index contributed by atoms with van der Waals surface area (Å²) in [4.78, 5) is 22.0. The fourth-order valence-electron chi connectivity index (χ4n) is 1.05. The van der Waals surface area contributed by atoms with Gasteiger partial charge in [0.1, 0.15) is 0 Å². The van der Waals surface area contributed by atoms with Crippen molar-refractivity contribution in [2.45, 2.75) is 6.92 Å². The molecule has 0 heterocycles. The Morgan fingerprint density at radius 1 is 1.27 bits per heavy atom. The molecule has 1 rings (SSSR count). The highest BCUT2D eigenvalue weighted by Crippen LogP contribution is 2.09. The number of ketones is 1. The lowest BCUT2D eigenvalue weighted by molar-refractivity contribution is 0.101. The second kappa shape index (κ2) is 4.95. The molecule has 0 spiro atoms. The molecule has 0 unspecified atom stereocenters. The van der Waals surface area contributed by atoms with Gasteiger partial charge in [-0.15, -0.1) is 0 Å². The van der Waals surface area contributed by atoms with Gasteiger partial charge in [-0.05, 0) is 37.4 Å². The molecule has 15 heavy (non-hydrogen) atoms. The second-order valence-electron chi connectivity index (χ2n) is 2.94. The fraction of sp³-hybridized carbons (Fsp3) is 0.0909. The number of carbonyl (C=O) groups excluding carboxylic acids is 2. The largest absolute Gasteiger partial charge is 0.323 e. The zero-order valence-corrected chi connectivity index (χ0v) is 8.41. The molecule has 0 aliphatic carbocycles. The van der Waals surface area contributed by atoms with Crippen LogP contribution in [0, 0.1) is 0 Å². The van der Waals surface area contributed by atoms with Crippen molar-refractivity contribution in [2.24, 2.45) is 0 Å². The van der Waals surface area contributed by atoms with Crippen molar-refractivity contribution in [3.63, 3.8) is 0 Å². The zero-order valence-electron chi connectivity index (χ0n) is 8.41. The monoisotopic (exact) mass is 204 g/mol. The number of Topliss-reactive ketones (excluding diaryl/α,β-unsaturated/α-hetero) is 1. The smallest absolute Gasteiger partial charge is 0.315 e. The molecule has 4 heteroatoms. The van der Waals surface area contributed by atoms with Crippen LogP contribution in [0.2, 0.25) is 0 Å². The van der Waals surface area contributed by atoms with E-state index >= 15 is 0 Å². The van der Waals surface area contributed by atoms with Gasteiger partial charge < -0.3 is 10.6 Å². The molecule has 0 saturated heterocycles. The molecule has 0 radical (unpaired) electrons. The van der Waals surface area contributed by atoms with Crippen LogP contribution in [0.5, 0.6) is 0 Å². The van der Waals surface area contributed by atoms with Crippen LogP contribution in [0.1, 0.15) is 17.3 Å². The third-order valence-electron chi connectivity index (χ3n) is 1.78. The molecule has 0 bridgehead atoms. The van der Waals surface area contributed by atoms with Gasteiger partial charge in [0.15, 0.2) is 5.78 Å². The molecule has 0 aromatic heterocycles. The fourth-order valence-corrected chi connectivity index (χ4v) is 1.05. The van der Waals surface area contributed by atoms with Crippen molar-refractivity contribution in [3.05, 3.63) is 42.6 Å². The van der Waals surface area contributed by atoms with Crippen LogP contribution in [0.3, 0.4) is 0 Å². The Balaban J connectivity index is 2.68. The first-order valence-electron chi connectivity index (χ1n) is 4.43. The lowest BCUT2D eigenvalue weighted by Crippen LogP contribution is -2.23. The summed E-state index contributed by atoms with van der Waals surface area (Å²) in [5, 5.41) is 4.95. The molecular weight excluding hydrogens is 192 g/mol. The van der Waals surface area contributed by atoms with Gasteiger partial charge in [-0.2, -0.15) is 0 Å². The molecule has 0 atom stereocenters. The highest BCUT2D eigenvalue weighted by Gasteiger charge is 2.01. The molecule has 78 valence electrons. The highest BCUT2D eigenvalue weighted by atomic mass is 16.2. The minimum Gasteiger partial charge on any atom is -0.315 e. The van der Waals surface area contributed by atoms with E-state index in [4.69, 9.17) is 0 Å². The molecule has 0 fully saturated rings. The SMILES string of the molecule is C=CNC(=O)Nc1ccc(C(C)=O)cc1. The molecule has 4 nitrogen and oxygen atoms in total. The van der Waals surface area contributed by atoms with E-state index in [2.05, 4.69) is 17.2 Å². The van der Waals surface area contributed by atoms with Crippen LogP contribution in [0.4, 0.5) is 10.5 Å². The summed E-state index contributed by atoms with van der Waals surface area (Å²) in [6.45, 7) is 4.86. The van der Waals surface area contributed by atoms with Crippen molar-refractivity contribution >= 4 is 17.5 Å². The number of carbonyl (C=O) groups is 2. The van der Waals surface area contributed by atoms with Crippen molar-refractivity contribution in [1.82, 2.24) is 5.32 Å². The maximum Gasteiger partial charge on any atom is 0.323 e. The highest BCUT2D eigenvalue weighted by molar-refractivity contribution is 5.95. The maximum atomic E-state index is 11.1. The number of benzene rings is 1. The van der Waals surface area contributed by atoms with E-state index in [1.54, 1.807) is 24.3 Å². The summed E-state index contributed by atoms with van der Waals surface area (Å²) in [6.07, 6.45) is 1.29. The lowest BCUT2D eigenvalue weighted by Gasteiger charge is -2.04. The Morgan fingerprint density at radius 2 is 1.87 bits per heavy atom. The van der Waals surface area contributed by atoms with Gasteiger partial charge >= 0.3 is 6.03 Å². The van der Waals surface area contributed by atoms with Gasteiger partial charge in [-0.1, -0.05) is 6.58 Å². The Morgan fingerprint density at radius 3 is 2.33 bits per heavy atom. The van der Waals surface area contributed by atoms with Crippen molar-refractivity contribution in [3.8, 4) is 0 Å². The Hall–Kier alpha value is -2.10. The van der Waals surface area contributed by atoms with E-state index in [1.165, 1.54) is 13.1 Å². The van der Waals surface area contributed by atoms with Crippen LogP contribution < -0.4 is 10.6 Å². The predicted molar refractivity (Wildman–Crippen MR) is 58.8 cm³/mol. The normalized spacial score (nSPS) is 9.13. The van der Waals surface area contributed by atoms with Gasteiger partial charge in [0.05, 0.1) is 0 Å². The van der Waals surface area contributed by atoms with Crippen molar-refractivity contribution in [1.29, 1.82) is 0 Å². The van der Waals surface area contributed by atoms with Crippen molar-refractivity contribution < 1.29 is 9.59 Å². The van der Waals surface area contributed by atoms with E-state index in [-0.39, 0.29) is 11.8 Å². The molecule has 2 amide bonds. The summed E-state index contributed by atoms with van der Waals surface area (Å²) in [5.74, 6) is -0.00269. The molecule has 2 N–H and O–H groups in total. The Labute approximate surface area is 88.0 Å². The first-order chi connectivity index (χ1) is 7.13. The summed E-state index contributed by atoms with van der Waals surface area (Å²) >= 11 is 0. The number of hydrogen-bond acceptors (Lipinski definition) is 2. The third kappa shape index (κ3) is 3.27. The number of urea groups is 1. The van der Waals surface area contributed by atoms with Gasteiger partial charge in [-0.3, -0.25) is 4.79 Å². The van der Waals surface area contributed by atoms with Crippen LogP contribution in [-0.2, 0) is 0 Å². The molecule has 1 aromatic rings. The number of hydrogen-bond donors (Lipinski definition) is 2. The number of amides is 2. The van der Waals surface area contributed by atoms with Crippen LogP contribution in [0.15, 0.2) is 37.0 Å². The van der Waals surface area contributed by atoms with E-state index in [1.807, 2.05) is 0 Å². The molecule has 1 aromatic carbocycles. The number of anilines is 1. The Bertz CT molecular complexity index is 382. The quantitative estimate of drug-likeness (QED) is 0.741. The van der Waals surface area contributed by atoms with Crippen LogP contribution >= 0.6 is 0 Å². The molecular formula is C11H12N2O2. The van der Waals surface area contributed by atoms with E-state index in [0.29, 0.717) is 11.3 Å². The van der Waals surface area contributed by atoms with Gasteiger partial charge in [0, 0.05) is 11.3 Å². The number of rotatable bonds is 3. The summed E-state index contributed by atoms with van der Waals surface area (Å²) in [7, 11) is 0. The van der Waals surface area contributed by atoms with E-state index in [9.17, 15) is 9.59 Å². The zero-order chi connectivity index (χ0) is 11.3. The third-order valence-corrected chi connectivity index (χ3v) is 1.78. The van der Waals surface area contributed by atoms with Crippen molar-refractivity contribution in [2.75, 3.05) is 5.32 Å². The molecule has 0 aliphatic rings. The van der Waals surface area contributed by atoms with E-state index in [0.717, 1.165) is 0 Å². The summed E-state index contributed by atoms with van der Waals surface area (Å²) < 4.78 is 0. The average molecular weight is 204 g/mol. The topological polar surface area (TPSA) is 58.2 Å². The van der Waals surface area contributed by atoms with Crippen LogP contribution in [0.25, 0.3) is 0 Å². The first-order valence-corrected chi connectivity index (χ1v) is 4.43. The summed E-state index contributed by atoms with van der Waals surface area (Å²) in [5.41, 5.74) is 1.24. The van der Waals surface area contributed by atoms with E-state index < -0.39 is 0 Å². The standard InChI is InChI=1S/C11H12N2O2/c1-3-12-11(15)13-10-6-4-9(5-7-10)8(2)14/h3-7H,1H2,2H3,(H2,12,13,15). The second-order valence-corrected chi connectivity index (χ2v) is 2.94. The molecule has 0 aliphatic heterocycles. The minimum absolute atomic E-state index is 0.00269. The first kappa shape index (κ1) is 11.0. The minimum atomic E-state index is -0.361. The van der Waals surface area contributed by atoms with Gasteiger partial charge in [0.2, 0.25) is 0 Å². The molecule has 0 saturated carbocycles. The average Bonchev–Trinajstić information content (AvgIpc) is 2.18. The Kier molecular flexibility index (Phi) is 3.62. The maximum absolute atomic E-state index is 11.1. The summed E-state index contributed by atoms with van der Waals surface area (Å²) in [6, 6.07) is 6.29. The predicted octanol–water partition coefficient (Wildman–Crippen LogP) is 2.15.